The zero-order chi connectivity index (χ0) is 20.5. The molecule has 28 heavy (non-hydrogen) atoms. The fourth-order valence-corrected chi connectivity index (χ4v) is 3.49. The number of hydrogen-bond acceptors (Lipinski definition) is 5. The maximum Gasteiger partial charge on any atom is 0.269 e. The van der Waals surface area contributed by atoms with Crippen molar-refractivity contribution in [2.24, 2.45) is 5.92 Å². The summed E-state index contributed by atoms with van der Waals surface area (Å²) < 4.78 is 10.9. The van der Waals surface area contributed by atoms with Gasteiger partial charge in [0.15, 0.2) is 11.5 Å². The van der Waals surface area contributed by atoms with Crippen LogP contribution in [0, 0.1) is 5.92 Å². The van der Waals surface area contributed by atoms with Crippen molar-refractivity contribution in [2.75, 3.05) is 26.8 Å². The van der Waals surface area contributed by atoms with E-state index in [-0.39, 0.29) is 17.9 Å². The average molecular weight is 392 g/mol. The van der Waals surface area contributed by atoms with E-state index < -0.39 is 5.91 Å². The zero-order valence-corrected chi connectivity index (χ0v) is 17.4. The second kappa shape index (κ2) is 10.9. The van der Waals surface area contributed by atoms with Gasteiger partial charge in [-0.05, 0) is 56.5 Å². The van der Waals surface area contributed by atoms with Gasteiger partial charge in [-0.15, -0.1) is 0 Å². The summed E-state index contributed by atoms with van der Waals surface area (Å²) in [5, 5.41) is 0. The van der Waals surface area contributed by atoms with Crippen molar-refractivity contribution in [1.82, 2.24) is 15.8 Å². The Morgan fingerprint density at radius 2 is 1.82 bits per heavy atom. The summed E-state index contributed by atoms with van der Waals surface area (Å²) in [4.78, 5) is 27.4. The predicted octanol–water partition coefficient (Wildman–Crippen LogP) is 2.76. The fourth-order valence-electron chi connectivity index (χ4n) is 3.49. The van der Waals surface area contributed by atoms with E-state index in [0.717, 1.165) is 32.4 Å². The fraction of sp³-hybridized carbons (Fsp3) is 0.619. The lowest BCUT2D eigenvalue weighted by Gasteiger charge is -2.35. The first-order chi connectivity index (χ1) is 13.5. The molecule has 2 N–H and O–H groups in total. The predicted molar refractivity (Wildman–Crippen MR) is 108 cm³/mol. The molecular formula is C21H33N3O4. The van der Waals surface area contributed by atoms with Crippen LogP contribution >= 0.6 is 0 Å². The molecule has 1 aromatic rings. The van der Waals surface area contributed by atoms with E-state index in [9.17, 15) is 9.59 Å². The van der Waals surface area contributed by atoms with Crippen LogP contribution in [-0.2, 0) is 4.79 Å². The molecule has 0 aliphatic carbocycles. The number of carbonyl (C=O) groups excluding carboxylic acids is 2. The highest BCUT2D eigenvalue weighted by atomic mass is 16.5. The number of piperidine rings is 1. The Labute approximate surface area is 167 Å². The number of carbonyl (C=O) groups is 2. The van der Waals surface area contributed by atoms with Gasteiger partial charge in [0.25, 0.3) is 11.8 Å². The lowest BCUT2D eigenvalue weighted by Crippen LogP contribution is -2.55. The normalized spacial score (nSPS) is 15.8. The van der Waals surface area contributed by atoms with Crippen molar-refractivity contribution in [3.8, 4) is 11.5 Å². The van der Waals surface area contributed by atoms with Gasteiger partial charge >= 0.3 is 0 Å². The van der Waals surface area contributed by atoms with Crippen LogP contribution in [0.3, 0.4) is 0 Å². The zero-order valence-electron chi connectivity index (χ0n) is 17.4. The summed E-state index contributed by atoms with van der Waals surface area (Å²) in [6.07, 6.45) is 4.30. The minimum atomic E-state index is -0.394. The molecule has 1 heterocycles. The standard InChI is InChI=1S/C21H33N3O4/c1-5-13-28-17-10-9-16(14-18(17)27-4)20(25)22-23-21(26)19(15(2)3)24-11-7-6-8-12-24/h9-10,14-15,19H,5-8,11-13H2,1-4H3,(H,22,25)(H,23,26)/t19-/m0/s1. The number of likely N-dealkylation sites (tertiary alicyclic amines) is 1. The number of hydrazine groups is 1. The van der Waals surface area contributed by atoms with Crippen LogP contribution in [0.1, 0.15) is 56.8 Å². The molecule has 2 rings (SSSR count). The molecule has 1 saturated heterocycles. The van der Waals surface area contributed by atoms with Crippen molar-refractivity contribution in [3.63, 3.8) is 0 Å². The van der Waals surface area contributed by atoms with Crippen LogP contribution in [0.2, 0.25) is 0 Å². The Morgan fingerprint density at radius 1 is 1.11 bits per heavy atom. The molecule has 0 radical (unpaired) electrons. The molecule has 0 unspecified atom stereocenters. The Bertz CT molecular complexity index is 657. The molecule has 2 amide bonds. The summed E-state index contributed by atoms with van der Waals surface area (Å²) in [5.41, 5.74) is 5.51. The van der Waals surface area contributed by atoms with Crippen molar-refractivity contribution in [1.29, 1.82) is 0 Å². The summed E-state index contributed by atoms with van der Waals surface area (Å²) in [5.74, 6) is 0.663. The van der Waals surface area contributed by atoms with Gasteiger partial charge in [-0.25, -0.2) is 0 Å². The monoisotopic (exact) mass is 391 g/mol. The van der Waals surface area contributed by atoms with Crippen LogP contribution in [0.4, 0.5) is 0 Å². The Kier molecular flexibility index (Phi) is 8.57. The van der Waals surface area contributed by atoms with Gasteiger partial charge in [-0.2, -0.15) is 0 Å². The molecule has 1 aromatic carbocycles. The second-order valence-electron chi connectivity index (χ2n) is 7.44. The molecule has 0 bridgehead atoms. The highest BCUT2D eigenvalue weighted by Gasteiger charge is 2.30. The van der Waals surface area contributed by atoms with Gasteiger partial charge in [0.2, 0.25) is 0 Å². The minimum absolute atomic E-state index is 0.157. The number of rotatable bonds is 8. The van der Waals surface area contributed by atoms with Gasteiger partial charge in [-0.3, -0.25) is 25.3 Å². The van der Waals surface area contributed by atoms with Crippen molar-refractivity contribution in [3.05, 3.63) is 23.8 Å². The van der Waals surface area contributed by atoms with Crippen LogP contribution in [0.15, 0.2) is 18.2 Å². The van der Waals surface area contributed by atoms with Gasteiger partial charge in [0, 0.05) is 5.56 Å². The quantitative estimate of drug-likeness (QED) is 0.666. The van der Waals surface area contributed by atoms with Crippen molar-refractivity contribution >= 4 is 11.8 Å². The van der Waals surface area contributed by atoms with Crippen LogP contribution in [0.25, 0.3) is 0 Å². The summed E-state index contributed by atoms with van der Waals surface area (Å²) >= 11 is 0. The third-order valence-electron chi connectivity index (χ3n) is 4.87. The first-order valence-electron chi connectivity index (χ1n) is 10.1. The number of nitrogens with zero attached hydrogens (tertiary/aromatic N) is 1. The first kappa shape index (κ1) is 22.0. The van der Waals surface area contributed by atoms with E-state index in [1.807, 2.05) is 20.8 Å². The van der Waals surface area contributed by atoms with Crippen molar-refractivity contribution < 1.29 is 19.1 Å². The number of nitrogens with one attached hydrogen (secondary N) is 2. The summed E-state index contributed by atoms with van der Waals surface area (Å²) in [6, 6.07) is 4.71. The number of benzene rings is 1. The van der Waals surface area contributed by atoms with Crippen LogP contribution < -0.4 is 20.3 Å². The lowest BCUT2D eigenvalue weighted by molar-refractivity contribution is -0.129. The van der Waals surface area contributed by atoms with E-state index in [4.69, 9.17) is 9.47 Å². The Hall–Kier alpha value is -2.28. The van der Waals surface area contributed by atoms with Gasteiger partial charge in [-0.1, -0.05) is 27.2 Å². The highest BCUT2D eigenvalue weighted by Crippen LogP contribution is 2.28. The number of amides is 2. The largest absolute Gasteiger partial charge is 0.493 e. The van der Waals surface area contributed by atoms with Crippen LogP contribution in [0.5, 0.6) is 11.5 Å². The number of methoxy groups -OCH3 is 1. The molecule has 1 fully saturated rings. The molecule has 0 spiro atoms. The molecule has 1 aliphatic heterocycles. The van der Waals surface area contributed by atoms with Gasteiger partial charge in [0.05, 0.1) is 19.8 Å². The van der Waals surface area contributed by atoms with E-state index in [0.29, 0.717) is 23.7 Å². The smallest absolute Gasteiger partial charge is 0.269 e. The molecule has 1 aliphatic rings. The Balaban J connectivity index is 1.98. The minimum Gasteiger partial charge on any atom is -0.493 e. The van der Waals surface area contributed by atoms with E-state index in [1.54, 1.807) is 18.2 Å². The van der Waals surface area contributed by atoms with Crippen LogP contribution in [-0.4, -0.2) is 49.6 Å². The molecule has 1 atom stereocenters. The van der Waals surface area contributed by atoms with E-state index in [1.165, 1.54) is 13.5 Å². The molecule has 7 heteroatoms. The van der Waals surface area contributed by atoms with Crippen molar-refractivity contribution in [2.45, 2.75) is 52.5 Å². The number of hydrogen-bond donors (Lipinski definition) is 2. The lowest BCUT2D eigenvalue weighted by atomic mass is 9.99. The van der Waals surface area contributed by atoms with E-state index in [2.05, 4.69) is 15.8 Å². The first-order valence-corrected chi connectivity index (χ1v) is 10.1. The van der Waals surface area contributed by atoms with Gasteiger partial charge < -0.3 is 9.47 Å². The van der Waals surface area contributed by atoms with Gasteiger partial charge in [0.1, 0.15) is 0 Å². The second-order valence-corrected chi connectivity index (χ2v) is 7.44. The summed E-state index contributed by atoms with van der Waals surface area (Å²) in [6.45, 7) is 8.48. The highest BCUT2D eigenvalue weighted by molar-refractivity contribution is 5.96. The molecule has 156 valence electrons. The molecule has 0 aromatic heterocycles. The average Bonchev–Trinajstić information content (AvgIpc) is 2.71. The SMILES string of the molecule is CCCOc1ccc(C(=O)NNC(=O)[C@H](C(C)C)N2CCCCC2)cc1OC. The third-order valence-corrected chi connectivity index (χ3v) is 4.87. The summed E-state index contributed by atoms with van der Waals surface area (Å²) in [7, 11) is 1.53. The maximum atomic E-state index is 12.7. The number of ether oxygens (including phenoxy) is 2. The molecular weight excluding hydrogens is 358 g/mol. The molecule has 7 nitrogen and oxygen atoms in total. The Morgan fingerprint density at radius 3 is 2.43 bits per heavy atom. The maximum absolute atomic E-state index is 12.7. The molecule has 0 saturated carbocycles. The third kappa shape index (κ3) is 5.86. The topological polar surface area (TPSA) is 79.9 Å². The van der Waals surface area contributed by atoms with E-state index >= 15 is 0 Å².